The Morgan fingerprint density at radius 1 is 1.04 bits per heavy atom. The van der Waals surface area contributed by atoms with Crippen molar-refractivity contribution in [2.45, 2.75) is 26.3 Å². The number of carbonyl (C=O) groups excluding carboxylic acids is 3. The van der Waals surface area contributed by atoms with Crippen LogP contribution < -0.4 is 10.6 Å². The number of esters is 1. The van der Waals surface area contributed by atoms with Gasteiger partial charge in [-0.05, 0) is 43.5 Å². The summed E-state index contributed by atoms with van der Waals surface area (Å²) in [6.45, 7) is 2.37. The fourth-order valence-electron chi connectivity index (χ4n) is 2.95. The van der Waals surface area contributed by atoms with Gasteiger partial charge in [0.15, 0.2) is 0 Å². The maximum Gasteiger partial charge on any atom is 0.337 e. The Balaban J connectivity index is 1.64. The average Bonchev–Trinajstić information content (AvgIpc) is 3.48. The molecule has 2 amide bonds. The van der Waals surface area contributed by atoms with Crippen molar-refractivity contribution in [3.63, 3.8) is 0 Å². The van der Waals surface area contributed by atoms with Crippen LogP contribution in [0, 0.1) is 12.3 Å². The Morgan fingerprint density at radius 3 is 2.44 bits per heavy atom. The normalized spacial score (nSPS) is 14.1. The second-order valence-corrected chi connectivity index (χ2v) is 6.78. The van der Waals surface area contributed by atoms with Gasteiger partial charge in [0.1, 0.15) is 5.41 Å². The lowest BCUT2D eigenvalue weighted by molar-refractivity contribution is -0.134. The van der Waals surface area contributed by atoms with Crippen LogP contribution in [0.5, 0.6) is 0 Å². The average molecular weight is 366 g/mol. The van der Waals surface area contributed by atoms with Crippen molar-refractivity contribution in [1.29, 1.82) is 0 Å². The van der Waals surface area contributed by atoms with Crippen LogP contribution >= 0.6 is 0 Å². The molecule has 1 saturated carbocycles. The van der Waals surface area contributed by atoms with E-state index in [0.29, 0.717) is 30.6 Å². The molecule has 27 heavy (non-hydrogen) atoms. The van der Waals surface area contributed by atoms with E-state index in [-0.39, 0.29) is 11.8 Å². The van der Waals surface area contributed by atoms with E-state index in [2.05, 4.69) is 15.4 Å². The van der Waals surface area contributed by atoms with Crippen molar-refractivity contribution < 1.29 is 19.1 Å². The highest BCUT2D eigenvalue weighted by Gasteiger charge is 2.56. The number of amides is 2. The number of methoxy groups -OCH3 is 1. The summed E-state index contributed by atoms with van der Waals surface area (Å²) in [5.41, 5.74) is 1.87. The molecule has 1 aliphatic rings. The number of benzene rings is 2. The van der Waals surface area contributed by atoms with Gasteiger partial charge in [-0.25, -0.2) is 4.79 Å². The number of anilines is 1. The number of ether oxygens (including phenoxy) is 1. The van der Waals surface area contributed by atoms with Gasteiger partial charge in [0, 0.05) is 12.2 Å². The predicted molar refractivity (Wildman–Crippen MR) is 101 cm³/mol. The first-order valence-electron chi connectivity index (χ1n) is 8.78. The Bertz CT molecular complexity index is 887. The Hall–Kier alpha value is -3.15. The van der Waals surface area contributed by atoms with Gasteiger partial charge in [-0.2, -0.15) is 0 Å². The molecule has 6 heteroatoms. The summed E-state index contributed by atoms with van der Waals surface area (Å²) in [5.74, 6) is -1.11. The van der Waals surface area contributed by atoms with E-state index in [1.807, 2.05) is 31.2 Å². The fraction of sp³-hybridized carbons (Fsp3) is 0.286. The molecule has 0 radical (unpaired) electrons. The van der Waals surface area contributed by atoms with E-state index in [4.69, 9.17) is 0 Å². The molecule has 2 N–H and O–H groups in total. The smallest absolute Gasteiger partial charge is 0.337 e. The minimum atomic E-state index is -1.04. The minimum absolute atomic E-state index is 0.273. The third-order valence-electron chi connectivity index (χ3n) is 4.70. The predicted octanol–water partition coefficient (Wildman–Crippen LogP) is 2.82. The van der Waals surface area contributed by atoms with E-state index in [1.165, 1.54) is 13.2 Å². The molecule has 0 heterocycles. The number of nitrogens with one attached hydrogen (secondary N) is 2. The largest absolute Gasteiger partial charge is 0.465 e. The van der Waals surface area contributed by atoms with Crippen molar-refractivity contribution in [1.82, 2.24) is 5.32 Å². The Morgan fingerprint density at radius 2 is 1.78 bits per heavy atom. The second kappa shape index (κ2) is 7.61. The highest BCUT2D eigenvalue weighted by molar-refractivity contribution is 6.13. The first kappa shape index (κ1) is 18.6. The van der Waals surface area contributed by atoms with Crippen LogP contribution in [0.3, 0.4) is 0 Å². The number of hydrogen-bond acceptors (Lipinski definition) is 4. The van der Waals surface area contributed by atoms with Crippen LogP contribution in [0.2, 0.25) is 0 Å². The number of carbonyl (C=O) groups is 3. The molecular formula is C21H22N2O4. The zero-order chi connectivity index (χ0) is 19.4. The zero-order valence-electron chi connectivity index (χ0n) is 15.4. The van der Waals surface area contributed by atoms with Crippen LogP contribution in [0.15, 0.2) is 48.5 Å². The highest BCUT2D eigenvalue weighted by Crippen LogP contribution is 2.47. The number of hydrogen-bond donors (Lipinski definition) is 2. The van der Waals surface area contributed by atoms with Crippen molar-refractivity contribution in [2.24, 2.45) is 5.41 Å². The molecule has 0 saturated heterocycles. The molecule has 0 spiro atoms. The van der Waals surface area contributed by atoms with Gasteiger partial charge in [0.2, 0.25) is 11.8 Å². The van der Waals surface area contributed by atoms with Crippen molar-refractivity contribution in [3.05, 3.63) is 65.2 Å². The van der Waals surface area contributed by atoms with Crippen molar-refractivity contribution >= 4 is 23.5 Å². The van der Waals surface area contributed by atoms with Gasteiger partial charge in [-0.15, -0.1) is 0 Å². The molecule has 2 aromatic rings. The fourth-order valence-corrected chi connectivity index (χ4v) is 2.95. The summed E-state index contributed by atoms with van der Waals surface area (Å²) >= 11 is 0. The number of rotatable bonds is 6. The minimum Gasteiger partial charge on any atom is -0.465 e. The van der Waals surface area contributed by atoms with Crippen LogP contribution in [-0.2, 0) is 20.9 Å². The molecule has 1 fully saturated rings. The summed E-state index contributed by atoms with van der Waals surface area (Å²) in [4.78, 5) is 36.9. The van der Waals surface area contributed by atoms with Gasteiger partial charge in [0.25, 0.3) is 0 Å². The van der Waals surface area contributed by atoms with Crippen LogP contribution in [0.4, 0.5) is 5.69 Å². The maximum atomic E-state index is 12.7. The lowest BCUT2D eigenvalue weighted by Gasteiger charge is -2.16. The van der Waals surface area contributed by atoms with E-state index >= 15 is 0 Å². The van der Waals surface area contributed by atoms with Crippen LogP contribution in [-0.4, -0.2) is 24.9 Å². The quantitative estimate of drug-likeness (QED) is 0.608. The molecule has 2 aromatic carbocycles. The van der Waals surface area contributed by atoms with Gasteiger partial charge < -0.3 is 15.4 Å². The van der Waals surface area contributed by atoms with Crippen LogP contribution in [0.1, 0.15) is 34.3 Å². The third kappa shape index (κ3) is 4.16. The molecule has 0 atom stereocenters. The standard InChI is InChI=1S/C21H22N2O4/c1-14-5-3-6-15(11-14)13-22-19(25)21(9-10-21)20(26)23-17-8-4-7-16(12-17)18(24)27-2/h3-8,11-12H,9-10,13H2,1-2H3,(H,22,25)(H,23,26). The molecular weight excluding hydrogens is 344 g/mol. The van der Waals surface area contributed by atoms with Gasteiger partial charge in [-0.3, -0.25) is 9.59 Å². The summed E-state index contributed by atoms with van der Waals surface area (Å²) in [5, 5.41) is 5.61. The molecule has 140 valence electrons. The first-order chi connectivity index (χ1) is 12.9. The summed E-state index contributed by atoms with van der Waals surface area (Å²) < 4.78 is 4.68. The molecule has 3 rings (SSSR count). The molecule has 0 aliphatic heterocycles. The Labute approximate surface area is 157 Å². The molecule has 6 nitrogen and oxygen atoms in total. The Kier molecular flexibility index (Phi) is 5.26. The van der Waals surface area contributed by atoms with E-state index in [9.17, 15) is 14.4 Å². The summed E-state index contributed by atoms with van der Waals surface area (Å²) in [7, 11) is 1.30. The van der Waals surface area contributed by atoms with Crippen LogP contribution in [0.25, 0.3) is 0 Å². The van der Waals surface area contributed by atoms with Crippen molar-refractivity contribution in [2.75, 3.05) is 12.4 Å². The van der Waals surface area contributed by atoms with E-state index < -0.39 is 11.4 Å². The topological polar surface area (TPSA) is 84.5 Å². The summed E-state index contributed by atoms with van der Waals surface area (Å²) in [6.07, 6.45) is 1.02. The highest BCUT2D eigenvalue weighted by atomic mass is 16.5. The number of aryl methyl sites for hydroxylation is 1. The second-order valence-electron chi connectivity index (χ2n) is 6.78. The zero-order valence-corrected chi connectivity index (χ0v) is 15.4. The van der Waals surface area contributed by atoms with E-state index in [0.717, 1.165) is 11.1 Å². The molecule has 1 aliphatic carbocycles. The van der Waals surface area contributed by atoms with Gasteiger partial charge in [0.05, 0.1) is 12.7 Å². The first-order valence-corrected chi connectivity index (χ1v) is 8.78. The summed E-state index contributed by atoms with van der Waals surface area (Å²) in [6, 6.07) is 14.3. The lowest BCUT2D eigenvalue weighted by atomic mass is 10.0. The molecule has 0 unspecified atom stereocenters. The van der Waals surface area contributed by atoms with E-state index in [1.54, 1.807) is 18.2 Å². The third-order valence-corrected chi connectivity index (χ3v) is 4.70. The lowest BCUT2D eigenvalue weighted by Crippen LogP contribution is -2.39. The van der Waals surface area contributed by atoms with Gasteiger partial charge >= 0.3 is 5.97 Å². The molecule has 0 aromatic heterocycles. The molecule has 0 bridgehead atoms. The monoisotopic (exact) mass is 366 g/mol. The maximum absolute atomic E-state index is 12.7. The van der Waals surface area contributed by atoms with Gasteiger partial charge in [-0.1, -0.05) is 35.9 Å². The SMILES string of the molecule is COC(=O)c1cccc(NC(=O)C2(C(=O)NCc3cccc(C)c3)CC2)c1. The van der Waals surface area contributed by atoms with Crippen molar-refractivity contribution in [3.8, 4) is 0 Å².